The standard InChI is InChI=1S/C21H29F2N5O3S/c1-20(2,3)31-19(29)26-7-9-28(10-8-26)32-11-6-21(30,13-27-15-24-14-25-27)17-5-4-16(22)12-18(17)23/h4-5,12,14-15,30H,6-11,13H2,1-3H3. The Morgan fingerprint density at radius 1 is 1.22 bits per heavy atom. The van der Waals surface area contributed by atoms with Crippen molar-refractivity contribution in [3.63, 3.8) is 0 Å². The van der Waals surface area contributed by atoms with E-state index in [2.05, 4.69) is 14.4 Å². The maximum atomic E-state index is 14.5. The molecule has 1 amide bonds. The monoisotopic (exact) mass is 469 g/mol. The molecule has 1 atom stereocenters. The number of aromatic nitrogens is 3. The molecule has 3 rings (SSSR count). The van der Waals surface area contributed by atoms with Crippen LogP contribution in [0.2, 0.25) is 0 Å². The van der Waals surface area contributed by atoms with E-state index in [4.69, 9.17) is 4.74 Å². The summed E-state index contributed by atoms with van der Waals surface area (Å²) in [6.07, 6.45) is 2.67. The maximum Gasteiger partial charge on any atom is 0.410 e. The Balaban J connectivity index is 1.57. The number of carbonyl (C=O) groups excluding carboxylic acids is 1. The summed E-state index contributed by atoms with van der Waals surface area (Å²) in [6, 6.07) is 3.17. The number of carbonyl (C=O) groups is 1. The number of aliphatic hydroxyl groups is 1. The predicted molar refractivity (Wildman–Crippen MR) is 117 cm³/mol. The van der Waals surface area contributed by atoms with E-state index in [1.807, 2.05) is 20.8 Å². The molecule has 8 nitrogen and oxygen atoms in total. The fourth-order valence-electron chi connectivity index (χ4n) is 3.42. The van der Waals surface area contributed by atoms with E-state index in [1.54, 1.807) is 4.90 Å². The van der Waals surface area contributed by atoms with Crippen molar-refractivity contribution in [1.82, 2.24) is 24.0 Å². The zero-order valence-electron chi connectivity index (χ0n) is 18.5. The Morgan fingerprint density at radius 3 is 2.53 bits per heavy atom. The van der Waals surface area contributed by atoms with E-state index in [9.17, 15) is 18.7 Å². The number of halogens is 2. The van der Waals surface area contributed by atoms with Crippen molar-refractivity contribution in [3.05, 3.63) is 48.1 Å². The molecule has 176 valence electrons. The summed E-state index contributed by atoms with van der Waals surface area (Å²) in [7, 11) is 0. The van der Waals surface area contributed by atoms with Gasteiger partial charge < -0.3 is 14.7 Å². The third kappa shape index (κ3) is 6.63. The lowest BCUT2D eigenvalue weighted by Crippen LogP contribution is -2.48. The highest BCUT2D eigenvalue weighted by Crippen LogP contribution is 2.32. The molecule has 1 fully saturated rings. The molecule has 2 aromatic rings. The van der Waals surface area contributed by atoms with Crippen molar-refractivity contribution >= 4 is 18.0 Å². The lowest BCUT2D eigenvalue weighted by atomic mass is 9.90. The highest BCUT2D eigenvalue weighted by molar-refractivity contribution is 7.97. The molecule has 11 heteroatoms. The minimum atomic E-state index is -1.59. The first kappa shape index (κ1) is 24.4. The van der Waals surface area contributed by atoms with Crippen LogP contribution in [0.15, 0.2) is 30.9 Å². The Kier molecular flexibility index (Phi) is 7.73. The van der Waals surface area contributed by atoms with Crippen LogP contribution in [0, 0.1) is 11.6 Å². The summed E-state index contributed by atoms with van der Waals surface area (Å²) >= 11 is 1.52. The number of hydrogen-bond donors (Lipinski definition) is 1. The van der Waals surface area contributed by atoms with E-state index >= 15 is 0 Å². The number of benzene rings is 1. The maximum absolute atomic E-state index is 14.5. The van der Waals surface area contributed by atoms with Gasteiger partial charge in [0.2, 0.25) is 0 Å². The van der Waals surface area contributed by atoms with Gasteiger partial charge in [0, 0.05) is 43.6 Å². The Hall–Kier alpha value is -2.24. The van der Waals surface area contributed by atoms with Gasteiger partial charge in [-0.05, 0) is 33.3 Å². The molecule has 0 bridgehead atoms. The lowest BCUT2D eigenvalue weighted by molar-refractivity contribution is 0.00855. The van der Waals surface area contributed by atoms with Crippen LogP contribution >= 0.6 is 11.9 Å². The van der Waals surface area contributed by atoms with Gasteiger partial charge in [-0.15, -0.1) is 0 Å². The molecule has 0 aliphatic carbocycles. The zero-order valence-corrected chi connectivity index (χ0v) is 19.3. The Labute approximate surface area is 190 Å². The molecule has 2 heterocycles. The summed E-state index contributed by atoms with van der Waals surface area (Å²) in [5, 5.41) is 15.3. The summed E-state index contributed by atoms with van der Waals surface area (Å²) in [4.78, 5) is 17.7. The van der Waals surface area contributed by atoms with E-state index < -0.39 is 22.8 Å². The average Bonchev–Trinajstić information content (AvgIpc) is 3.19. The first-order chi connectivity index (χ1) is 15.1. The number of rotatable bonds is 7. The van der Waals surface area contributed by atoms with E-state index in [0.717, 1.165) is 12.1 Å². The molecule has 1 unspecified atom stereocenters. The summed E-state index contributed by atoms with van der Waals surface area (Å²) in [6.45, 7) is 7.87. The van der Waals surface area contributed by atoms with E-state index in [-0.39, 0.29) is 24.6 Å². The number of ether oxygens (including phenoxy) is 1. The van der Waals surface area contributed by atoms with Gasteiger partial charge in [-0.2, -0.15) is 5.10 Å². The molecule has 1 saturated heterocycles. The number of amides is 1. The molecule has 1 aliphatic rings. The fourth-order valence-corrected chi connectivity index (χ4v) is 4.53. The second kappa shape index (κ2) is 10.1. The van der Waals surface area contributed by atoms with Crippen LogP contribution in [-0.4, -0.2) is 72.7 Å². The van der Waals surface area contributed by atoms with Gasteiger partial charge in [0.15, 0.2) is 0 Å². The predicted octanol–water partition coefficient (Wildman–Crippen LogP) is 3.04. The molecule has 0 saturated carbocycles. The van der Waals surface area contributed by atoms with Gasteiger partial charge in [0.25, 0.3) is 0 Å². The third-order valence-electron chi connectivity index (χ3n) is 5.00. The zero-order chi connectivity index (χ0) is 23.4. The van der Waals surface area contributed by atoms with Gasteiger partial charge in [-0.25, -0.2) is 27.5 Å². The van der Waals surface area contributed by atoms with Crippen molar-refractivity contribution in [2.45, 2.75) is 44.9 Å². The number of piperazine rings is 1. The number of hydrogen-bond acceptors (Lipinski definition) is 7. The number of nitrogens with zero attached hydrogens (tertiary/aromatic N) is 5. The van der Waals surface area contributed by atoms with Crippen LogP contribution in [0.1, 0.15) is 32.8 Å². The molecular formula is C21H29F2N5O3S. The van der Waals surface area contributed by atoms with Crippen molar-refractivity contribution in [3.8, 4) is 0 Å². The van der Waals surface area contributed by atoms with Gasteiger partial charge in [0.05, 0.1) is 6.54 Å². The Bertz CT molecular complexity index is 901. The fraction of sp³-hybridized carbons (Fsp3) is 0.571. The molecule has 0 spiro atoms. The van der Waals surface area contributed by atoms with Crippen molar-refractivity contribution in [2.24, 2.45) is 0 Å². The van der Waals surface area contributed by atoms with Crippen molar-refractivity contribution < 1.29 is 23.4 Å². The molecule has 32 heavy (non-hydrogen) atoms. The van der Waals surface area contributed by atoms with Crippen LogP contribution < -0.4 is 0 Å². The SMILES string of the molecule is CC(C)(C)OC(=O)N1CCN(SCCC(O)(Cn2cncn2)c2ccc(F)cc2F)CC1. The molecule has 1 aromatic heterocycles. The molecule has 1 N–H and O–H groups in total. The largest absolute Gasteiger partial charge is 0.444 e. The average molecular weight is 470 g/mol. The highest BCUT2D eigenvalue weighted by atomic mass is 32.2. The Morgan fingerprint density at radius 2 is 1.94 bits per heavy atom. The van der Waals surface area contributed by atoms with Gasteiger partial charge in [-0.1, -0.05) is 18.0 Å². The van der Waals surface area contributed by atoms with E-state index in [0.29, 0.717) is 31.9 Å². The topological polar surface area (TPSA) is 83.7 Å². The molecular weight excluding hydrogens is 440 g/mol. The van der Waals surface area contributed by atoms with Gasteiger partial charge >= 0.3 is 6.09 Å². The van der Waals surface area contributed by atoms with Crippen LogP contribution in [0.3, 0.4) is 0 Å². The van der Waals surface area contributed by atoms with Crippen LogP contribution in [0.4, 0.5) is 13.6 Å². The first-order valence-electron chi connectivity index (χ1n) is 10.4. The summed E-state index contributed by atoms with van der Waals surface area (Å²) in [5.41, 5.74) is -2.10. The van der Waals surface area contributed by atoms with Crippen molar-refractivity contribution in [2.75, 3.05) is 31.9 Å². The van der Waals surface area contributed by atoms with Gasteiger partial charge in [-0.3, -0.25) is 0 Å². The summed E-state index contributed by atoms with van der Waals surface area (Å²) < 4.78 is 36.8. The molecule has 0 radical (unpaired) electrons. The lowest BCUT2D eigenvalue weighted by Gasteiger charge is -2.35. The minimum Gasteiger partial charge on any atom is -0.444 e. The van der Waals surface area contributed by atoms with Gasteiger partial charge in [0.1, 0.15) is 35.5 Å². The first-order valence-corrected chi connectivity index (χ1v) is 11.4. The quantitative estimate of drug-likeness (QED) is 0.624. The van der Waals surface area contributed by atoms with Crippen LogP contribution in [0.25, 0.3) is 0 Å². The molecule has 1 aromatic carbocycles. The second-order valence-electron chi connectivity index (χ2n) is 8.73. The van der Waals surface area contributed by atoms with Crippen molar-refractivity contribution in [1.29, 1.82) is 0 Å². The smallest absolute Gasteiger partial charge is 0.410 e. The minimum absolute atomic E-state index is 0.0114. The van der Waals surface area contributed by atoms with Crippen LogP contribution in [-0.2, 0) is 16.9 Å². The van der Waals surface area contributed by atoms with E-state index in [1.165, 1.54) is 35.4 Å². The second-order valence-corrected chi connectivity index (χ2v) is 9.91. The van der Waals surface area contributed by atoms with Crippen LogP contribution in [0.5, 0.6) is 0 Å². The molecule has 1 aliphatic heterocycles. The highest BCUT2D eigenvalue weighted by Gasteiger charge is 2.34. The third-order valence-corrected chi connectivity index (χ3v) is 6.12. The normalized spacial score (nSPS) is 17.2. The summed E-state index contributed by atoms with van der Waals surface area (Å²) in [5.74, 6) is -1.01.